The molecule has 0 spiro atoms. The van der Waals surface area contributed by atoms with E-state index in [1.54, 1.807) is 0 Å². The number of nitrogens with one attached hydrogen (secondary N) is 1. The van der Waals surface area contributed by atoms with Crippen LogP contribution in [0.1, 0.15) is 40.0 Å². The summed E-state index contributed by atoms with van der Waals surface area (Å²) in [6.45, 7) is 6.55. The van der Waals surface area contributed by atoms with Crippen molar-refractivity contribution in [1.29, 1.82) is 0 Å². The van der Waals surface area contributed by atoms with Crippen LogP contribution in [-0.2, 0) is 0 Å². The predicted octanol–water partition coefficient (Wildman–Crippen LogP) is 1.50. The minimum absolute atomic E-state index is 0.232. The van der Waals surface area contributed by atoms with Gasteiger partial charge in [-0.2, -0.15) is 0 Å². The van der Waals surface area contributed by atoms with E-state index in [1.165, 1.54) is 0 Å². The van der Waals surface area contributed by atoms with Gasteiger partial charge < -0.3 is 11.1 Å². The van der Waals surface area contributed by atoms with E-state index in [0.717, 1.165) is 19.3 Å². The van der Waals surface area contributed by atoms with Gasteiger partial charge in [-0.1, -0.05) is 13.8 Å². The summed E-state index contributed by atoms with van der Waals surface area (Å²) >= 11 is 0. The Morgan fingerprint density at radius 2 is 2.00 bits per heavy atom. The Morgan fingerprint density at radius 3 is 2.27 bits per heavy atom. The Morgan fingerprint density at radius 1 is 1.45 bits per heavy atom. The fourth-order valence-electron chi connectivity index (χ4n) is 1.15. The molecule has 0 fully saturated rings. The zero-order chi connectivity index (χ0) is 8.91. The lowest BCUT2D eigenvalue weighted by atomic mass is 9.90. The molecule has 0 radical (unpaired) electrons. The number of rotatable bonds is 5. The van der Waals surface area contributed by atoms with Crippen molar-refractivity contribution in [3.63, 3.8) is 0 Å². The second kappa shape index (κ2) is 4.73. The van der Waals surface area contributed by atoms with Gasteiger partial charge in [0.2, 0.25) is 0 Å². The average Bonchev–Trinajstić information content (AvgIpc) is 2.04. The molecule has 2 heteroatoms. The van der Waals surface area contributed by atoms with Crippen molar-refractivity contribution in [2.75, 3.05) is 7.05 Å². The van der Waals surface area contributed by atoms with Gasteiger partial charge >= 0.3 is 0 Å². The molecule has 0 saturated heterocycles. The molecule has 0 saturated carbocycles. The Kier molecular flexibility index (Phi) is 4.69. The Bertz CT molecular complexity index is 97.7. The summed E-state index contributed by atoms with van der Waals surface area (Å²) in [7, 11) is 2.01. The topological polar surface area (TPSA) is 38.0 Å². The Labute approximate surface area is 70.5 Å². The van der Waals surface area contributed by atoms with E-state index in [1.807, 2.05) is 7.05 Å². The van der Waals surface area contributed by atoms with Crippen molar-refractivity contribution in [2.24, 2.45) is 5.73 Å². The maximum absolute atomic E-state index is 5.87. The van der Waals surface area contributed by atoms with Crippen LogP contribution in [0.4, 0.5) is 0 Å². The van der Waals surface area contributed by atoms with Crippen LogP contribution in [0.25, 0.3) is 0 Å². The lowest BCUT2D eigenvalue weighted by molar-refractivity contribution is 0.314. The Hall–Kier alpha value is -0.0800. The van der Waals surface area contributed by atoms with Gasteiger partial charge in [0, 0.05) is 11.6 Å². The predicted molar refractivity (Wildman–Crippen MR) is 50.6 cm³/mol. The van der Waals surface area contributed by atoms with Crippen molar-refractivity contribution < 1.29 is 0 Å². The van der Waals surface area contributed by atoms with E-state index in [2.05, 4.69) is 26.1 Å². The first-order chi connectivity index (χ1) is 5.08. The average molecular weight is 158 g/mol. The summed E-state index contributed by atoms with van der Waals surface area (Å²) in [4.78, 5) is 0. The molecule has 0 amide bonds. The highest BCUT2D eigenvalue weighted by atomic mass is 14.9. The van der Waals surface area contributed by atoms with Crippen LogP contribution in [0.3, 0.4) is 0 Å². The molecule has 3 N–H and O–H groups in total. The van der Waals surface area contributed by atoms with Gasteiger partial charge in [-0.25, -0.2) is 0 Å². The molecule has 11 heavy (non-hydrogen) atoms. The molecule has 0 heterocycles. The fraction of sp³-hybridized carbons (Fsp3) is 1.00. The van der Waals surface area contributed by atoms with Crippen LogP contribution >= 0.6 is 0 Å². The SMILES string of the molecule is CCC(N)CC(C)(CC)NC. The summed E-state index contributed by atoms with van der Waals surface area (Å²) in [6.07, 6.45) is 3.27. The first-order valence-electron chi connectivity index (χ1n) is 4.52. The van der Waals surface area contributed by atoms with Crippen molar-refractivity contribution in [3.05, 3.63) is 0 Å². The molecule has 0 bridgehead atoms. The van der Waals surface area contributed by atoms with E-state index >= 15 is 0 Å². The minimum Gasteiger partial charge on any atom is -0.328 e. The van der Waals surface area contributed by atoms with Crippen molar-refractivity contribution in [2.45, 2.75) is 51.6 Å². The van der Waals surface area contributed by atoms with E-state index in [-0.39, 0.29) is 5.54 Å². The van der Waals surface area contributed by atoms with Gasteiger partial charge in [0.15, 0.2) is 0 Å². The van der Waals surface area contributed by atoms with E-state index < -0.39 is 0 Å². The standard InChI is InChI=1S/C9H22N2/c1-5-8(10)7-9(3,6-2)11-4/h8,11H,5-7,10H2,1-4H3. The number of hydrogen-bond donors (Lipinski definition) is 2. The molecule has 2 unspecified atom stereocenters. The normalized spacial score (nSPS) is 19.4. The fourth-order valence-corrected chi connectivity index (χ4v) is 1.15. The number of nitrogens with two attached hydrogens (primary N) is 1. The highest BCUT2D eigenvalue weighted by Crippen LogP contribution is 2.16. The molecule has 68 valence electrons. The molecule has 2 nitrogen and oxygen atoms in total. The summed E-state index contributed by atoms with van der Waals surface area (Å²) < 4.78 is 0. The second-order valence-corrected chi connectivity index (χ2v) is 3.54. The third-order valence-electron chi connectivity index (χ3n) is 2.62. The summed E-state index contributed by atoms with van der Waals surface area (Å²) in [5, 5.41) is 3.31. The Balaban J connectivity index is 3.86. The molecular formula is C9H22N2. The van der Waals surface area contributed by atoms with Gasteiger partial charge in [-0.05, 0) is 33.2 Å². The van der Waals surface area contributed by atoms with Gasteiger partial charge in [0.05, 0.1) is 0 Å². The van der Waals surface area contributed by atoms with Crippen LogP contribution in [0, 0.1) is 0 Å². The molecule has 0 aromatic carbocycles. The zero-order valence-corrected chi connectivity index (χ0v) is 8.28. The lowest BCUT2D eigenvalue weighted by Crippen LogP contribution is -2.44. The van der Waals surface area contributed by atoms with Gasteiger partial charge in [0.25, 0.3) is 0 Å². The molecule has 0 aliphatic rings. The third kappa shape index (κ3) is 3.73. The van der Waals surface area contributed by atoms with Crippen LogP contribution in [0.5, 0.6) is 0 Å². The monoisotopic (exact) mass is 158 g/mol. The van der Waals surface area contributed by atoms with Gasteiger partial charge in [-0.3, -0.25) is 0 Å². The maximum atomic E-state index is 5.87. The first-order valence-corrected chi connectivity index (χ1v) is 4.52. The first kappa shape index (κ1) is 10.9. The maximum Gasteiger partial charge on any atom is 0.0162 e. The van der Waals surface area contributed by atoms with Crippen LogP contribution in [0.15, 0.2) is 0 Å². The van der Waals surface area contributed by atoms with Crippen LogP contribution < -0.4 is 11.1 Å². The molecule has 0 rings (SSSR count). The number of hydrogen-bond acceptors (Lipinski definition) is 2. The highest BCUT2D eigenvalue weighted by molar-refractivity contribution is 4.83. The largest absolute Gasteiger partial charge is 0.328 e. The van der Waals surface area contributed by atoms with Crippen molar-refractivity contribution in [3.8, 4) is 0 Å². The quantitative estimate of drug-likeness (QED) is 0.636. The van der Waals surface area contributed by atoms with E-state index in [9.17, 15) is 0 Å². The van der Waals surface area contributed by atoms with Crippen molar-refractivity contribution in [1.82, 2.24) is 5.32 Å². The summed E-state index contributed by atoms with van der Waals surface area (Å²) in [5.74, 6) is 0. The third-order valence-corrected chi connectivity index (χ3v) is 2.62. The minimum atomic E-state index is 0.232. The zero-order valence-electron chi connectivity index (χ0n) is 8.28. The van der Waals surface area contributed by atoms with Crippen LogP contribution in [-0.4, -0.2) is 18.6 Å². The smallest absolute Gasteiger partial charge is 0.0162 e. The van der Waals surface area contributed by atoms with E-state index in [4.69, 9.17) is 5.73 Å². The van der Waals surface area contributed by atoms with Crippen molar-refractivity contribution >= 4 is 0 Å². The molecule has 0 aliphatic carbocycles. The highest BCUT2D eigenvalue weighted by Gasteiger charge is 2.21. The molecule has 0 aliphatic heterocycles. The summed E-state index contributed by atoms with van der Waals surface area (Å²) in [6, 6.07) is 0.340. The molecule has 0 aromatic rings. The van der Waals surface area contributed by atoms with Gasteiger partial charge in [0.1, 0.15) is 0 Å². The van der Waals surface area contributed by atoms with Crippen LogP contribution in [0.2, 0.25) is 0 Å². The molecule has 2 atom stereocenters. The van der Waals surface area contributed by atoms with Gasteiger partial charge in [-0.15, -0.1) is 0 Å². The molecule has 0 aromatic heterocycles. The summed E-state index contributed by atoms with van der Waals surface area (Å²) in [5.41, 5.74) is 6.10. The second-order valence-electron chi connectivity index (χ2n) is 3.54. The molecular weight excluding hydrogens is 136 g/mol. The lowest BCUT2D eigenvalue weighted by Gasteiger charge is -2.30. The van der Waals surface area contributed by atoms with E-state index in [0.29, 0.717) is 6.04 Å².